The number of aryl methyl sites for hydroxylation is 1. The zero-order valence-electron chi connectivity index (χ0n) is 16.4. The summed E-state index contributed by atoms with van der Waals surface area (Å²) in [6, 6.07) is 10.3. The number of esters is 1. The molecule has 0 aromatic heterocycles. The number of ether oxygens (including phenoxy) is 3. The minimum atomic E-state index is -1.03. The van der Waals surface area contributed by atoms with Gasteiger partial charge in [0.25, 0.3) is 11.6 Å². The van der Waals surface area contributed by atoms with Crippen LogP contribution in [0.15, 0.2) is 42.5 Å². The van der Waals surface area contributed by atoms with E-state index in [4.69, 9.17) is 14.2 Å². The third-order valence-corrected chi connectivity index (χ3v) is 4.37. The van der Waals surface area contributed by atoms with Crippen LogP contribution in [0.4, 0.5) is 5.69 Å². The van der Waals surface area contributed by atoms with Crippen LogP contribution in [0, 0.1) is 17.0 Å². The van der Waals surface area contributed by atoms with Crippen molar-refractivity contribution in [2.45, 2.75) is 26.5 Å². The van der Waals surface area contributed by atoms with Gasteiger partial charge in [-0.1, -0.05) is 29.8 Å². The van der Waals surface area contributed by atoms with Gasteiger partial charge in [0.1, 0.15) is 0 Å². The van der Waals surface area contributed by atoms with Crippen LogP contribution in [0.5, 0.6) is 11.5 Å². The van der Waals surface area contributed by atoms with Gasteiger partial charge in [-0.15, -0.1) is 0 Å². The Morgan fingerprint density at radius 2 is 1.90 bits per heavy atom. The van der Waals surface area contributed by atoms with Gasteiger partial charge in [0, 0.05) is 12.6 Å². The van der Waals surface area contributed by atoms with Crippen molar-refractivity contribution >= 4 is 23.6 Å². The lowest BCUT2D eigenvalue weighted by Crippen LogP contribution is -2.35. The van der Waals surface area contributed by atoms with E-state index in [1.165, 1.54) is 25.1 Å². The van der Waals surface area contributed by atoms with Crippen molar-refractivity contribution in [2.75, 3.05) is 6.79 Å². The lowest BCUT2D eigenvalue weighted by Gasteiger charge is -2.12. The number of hydrogen-bond acceptors (Lipinski definition) is 7. The van der Waals surface area contributed by atoms with Gasteiger partial charge in [-0.05, 0) is 31.6 Å². The molecule has 1 N–H and O–H groups in total. The summed E-state index contributed by atoms with van der Waals surface area (Å²) in [5, 5.41) is 13.9. The van der Waals surface area contributed by atoms with Gasteiger partial charge >= 0.3 is 5.97 Å². The number of benzene rings is 2. The van der Waals surface area contributed by atoms with Crippen LogP contribution in [0.1, 0.15) is 23.6 Å². The fraction of sp³-hybridized carbons (Fsp3) is 0.238. The molecule has 0 bridgehead atoms. The van der Waals surface area contributed by atoms with Gasteiger partial charge in [0.15, 0.2) is 17.6 Å². The van der Waals surface area contributed by atoms with Gasteiger partial charge in [-0.25, -0.2) is 4.79 Å². The molecule has 0 aliphatic carbocycles. The van der Waals surface area contributed by atoms with Crippen LogP contribution in [0.25, 0.3) is 6.08 Å². The van der Waals surface area contributed by atoms with E-state index in [9.17, 15) is 19.7 Å². The Labute approximate surface area is 172 Å². The first-order valence-corrected chi connectivity index (χ1v) is 9.13. The first-order valence-electron chi connectivity index (χ1n) is 9.13. The highest BCUT2D eigenvalue weighted by Crippen LogP contribution is 2.38. The Hall–Kier alpha value is -3.88. The average Bonchev–Trinajstić information content (AvgIpc) is 3.18. The summed E-state index contributed by atoms with van der Waals surface area (Å²) in [4.78, 5) is 34.8. The second-order valence-electron chi connectivity index (χ2n) is 6.64. The van der Waals surface area contributed by atoms with Crippen LogP contribution in [0.2, 0.25) is 0 Å². The maximum absolute atomic E-state index is 12.1. The summed E-state index contributed by atoms with van der Waals surface area (Å²) in [7, 11) is 0. The summed E-state index contributed by atoms with van der Waals surface area (Å²) >= 11 is 0. The summed E-state index contributed by atoms with van der Waals surface area (Å²) in [5.41, 5.74) is 1.94. The maximum Gasteiger partial charge on any atom is 0.331 e. The number of carbonyl (C=O) groups excluding carboxylic acids is 2. The molecular weight excluding hydrogens is 392 g/mol. The molecule has 0 spiro atoms. The monoisotopic (exact) mass is 412 g/mol. The fourth-order valence-electron chi connectivity index (χ4n) is 2.70. The number of amides is 1. The van der Waals surface area contributed by atoms with E-state index in [1.807, 2.05) is 31.2 Å². The first kappa shape index (κ1) is 20.8. The predicted molar refractivity (Wildman–Crippen MR) is 107 cm³/mol. The molecule has 9 nitrogen and oxygen atoms in total. The van der Waals surface area contributed by atoms with E-state index in [0.717, 1.165) is 17.2 Å². The van der Waals surface area contributed by atoms with Gasteiger partial charge in [0.05, 0.1) is 16.6 Å². The third-order valence-electron chi connectivity index (χ3n) is 4.37. The fourth-order valence-corrected chi connectivity index (χ4v) is 2.70. The molecule has 0 fully saturated rings. The lowest BCUT2D eigenvalue weighted by molar-refractivity contribution is -0.385. The Balaban J connectivity index is 1.58. The summed E-state index contributed by atoms with van der Waals surface area (Å²) < 4.78 is 15.4. The molecule has 9 heteroatoms. The second-order valence-corrected chi connectivity index (χ2v) is 6.64. The highest BCUT2D eigenvalue weighted by atomic mass is 16.7. The zero-order chi connectivity index (χ0) is 21.7. The molecule has 2 aromatic rings. The minimum absolute atomic E-state index is 0.0308. The maximum atomic E-state index is 12.1. The van der Waals surface area contributed by atoms with Crippen molar-refractivity contribution in [1.82, 2.24) is 5.32 Å². The second kappa shape index (κ2) is 9.08. The number of rotatable bonds is 7. The molecular formula is C21H20N2O7. The van der Waals surface area contributed by atoms with Crippen molar-refractivity contribution in [3.05, 3.63) is 69.3 Å². The van der Waals surface area contributed by atoms with Gasteiger partial charge < -0.3 is 19.5 Å². The number of nitro groups is 1. The van der Waals surface area contributed by atoms with E-state index >= 15 is 0 Å². The Morgan fingerprint density at radius 1 is 1.23 bits per heavy atom. The highest BCUT2D eigenvalue weighted by molar-refractivity contribution is 5.91. The number of nitrogens with zero attached hydrogens (tertiary/aromatic N) is 1. The molecule has 0 saturated carbocycles. The molecule has 0 radical (unpaired) electrons. The molecule has 1 atom stereocenters. The molecule has 0 unspecified atom stereocenters. The summed E-state index contributed by atoms with van der Waals surface area (Å²) in [6.45, 7) is 3.69. The lowest BCUT2D eigenvalue weighted by atomic mass is 10.1. The van der Waals surface area contributed by atoms with Crippen LogP contribution in [0.3, 0.4) is 0 Å². The molecule has 1 heterocycles. The van der Waals surface area contributed by atoms with Crippen LogP contribution in [-0.4, -0.2) is 29.7 Å². The Morgan fingerprint density at radius 3 is 2.57 bits per heavy atom. The van der Waals surface area contributed by atoms with E-state index in [2.05, 4.69) is 5.32 Å². The smallest absolute Gasteiger partial charge is 0.331 e. The SMILES string of the molecule is Cc1ccc(CNC(=O)[C@@H](C)OC(=O)/C=C/c2cc3c(cc2[N+](=O)[O-])OCO3)cc1. The van der Waals surface area contributed by atoms with Crippen LogP contribution in [-0.2, 0) is 20.9 Å². The van der Waals surface area contributed by atoms with Crippen molar-refractivity contribution in [2.24, 2.45) is 0 Å². The minimum Gasteiger partial charge on any atom is -0.454 e. The van der Waals surface area contributed by atoms with Crippen LogP contribution < -0.4 is 14.8 Å². The number of carbonyl (C=O) groups is 2. The van der Waals surface area contributed by atoms with Gasteiger partial charge in [-0.2, -0.15) is 0 Å². The Bertz CT molecular complexity index is 999. The summed E-state index contributed by atoms with van der Waals surface area (Å²) in [5.74, 6) is -0.649. The number of hydrogen-bond donors (Lipinski definition) is 1. The number of nitro benzene ring substituents is 1. The molecule has 2 aromatic carbocycles. The first-order chi connectivity index (χ1) is 14.3. The predicted octanol–water partition coefficient (Wildman–Crippen LogP) is 2.89. The highest BCUT2D eigenvalue weighted by Gasteiger charge is 2.22. The molecule has 3 rings (SSSR count). The van der Waals surface area contributed by atoms with E-state index < -0.39 is 22.9 Å². The van der Waals surface area contributed by atoms with Gasteiger partial charge in [-0.3, -0.25) is 14.9 Å². The molecule has 30 heavy (non-hydrogen) atoms. The third kappa shape index (κ3) is 5.13. The molecule has 0 saturated heterocycles. The largest absolute Gasteiger partial charge is 0.454 e. The van der Waals surface area contributed by atoms with Crippen molar-refractivity contribution < 1.29 is 28.7 Å². The Kier molecular flexibility index (Phi) is 6.31. The molecule has 1 aliphatic rings. The van der Waals surface area contributed by atoms with Crippen molar-refractivity contribution in [1.29, 1.82) is 0 Å². The van der Waals surface area contributed by atoms with Crippen molar-refractivity contribution in [3.63, 3.8) is 0 Å². The number of nitrogens with one attached hydrogen (secondary N) is 1. The summed E-state index contributed by atoms with van der Waals surface area (Å²) in [6.07, 6.45) is 1.23. The van der Waals surface area contributed by atoms with Gasteiger partial charge in [0.2, 0.25) is 6.79 Å². The molecule has 1 amide bonds. The van der Waals surface area contributed by atoms with E-state index in [1.54, 1.807) is 0 Å². The average molecular weight is 412 g/mol. The quantitative estimate of drug-likeness (QED) is 0.322. The molecule has 1 aliphatic heterocycles. The normalized spacial score (nSPS) is 13.1. The molecule has 156 valence electrons. The topological polar surface area (TPSA) is 117 Å². The van der Waals surface area contributed by atoms with E-state index in [-0.39, 0.29) is 23.8 Å². The van der Waals surface area contributed by atoms with E-state index in [0.29, 0.717) is 12.3 Å². The number of fused-ring (bicyclic) bond motifs is 1. The zero-order valence-corrected chi connectivity index (χ0v) is 16.4. The van der Waals surface area contributed by atoms with Crippen molar-refractivity contribution in [3.8, 4) is 11.5 Å². The standard InChI is InChI=1S/C21H20N2O7/c1-13-3-5-15(6-4-13)11-22-21(25)14(2)30-20(24)8-7-16-9-18-19(29-12-28-18)10-17(16)23(26)27/h3-10,14H,11-12H2,1-2H3,(H,22,25)/b8-7+/t14-/m1/s1. The van der Waals surface area contributed by atoms with Crippen LogP contribution >= 0.6 is 0 Å².